The maximum Gasteiger partial charge on any atom is 0.0695 e. The minimum atomic E-state index is -0.544. The Kier molecular flexibility index (Phi) is 9.56. The zero-order valence-electron chi connectivity index (χ0n) is 10.5. The number of hydrogen-bond acceptors (Lipinski definition) is 7. The van der Waals surface area contributed by atoms with Gasteiger partial charge in [-0.2, -0.15) is 0 Å². The van der Waals surface area contributed by atoms with Gasteiger partial charge in [0.05, 0.1) is 12.2 Å². The van der Waals surface area contributed by atoms with Crippen molar-refractivity contribution in [2.75, 3.05) is 19.6 Å². The molecule has 0 saturated heterocycles. The lowest BCUT2D eigenvalue weighted by Gasteiger charge is -2.32. The molecule has 0 aromatic heterocycles. The second-order valence-corrected chi connectivity index (χ2v) is 4.37. The Balaban J connectivity index is 4.13. The predicted molar refractivity (Wildman–Crippen MR) is 71.9 cm³/mol. The molecule has 0 heterocycles. The molecule has 13 N–H and O–H groups in total. The third kappa shape index (κ3) is 6.89. The quantitative estimate of drug-likeness (QED) is 0.159. The molecule has 0 aliphatic heterocycles. The molecule has 0 bridgehead atoms. The molecule has 0 spiro atoms. The Morgan fingerprint density at radius 2 is 1.53 bits per heavy atom. The molecule has 3 atom stereocenters. The highest BCUT2D eigenvalue weighted by atomic mass is 15.1. The highest BCUT2D eigenvalue weighted by Crippen LogP contribution is 2.05. The first-order valence-electron chi connectivity index (χ1n) is 6.20. The molecule has 0 aliphatic rings. The molecular formula is C10H29N7. The Hall–Kier alpha value is -0.280. The molecule has 0 radical (unpaired) electrons. The van der Waals surface area contributed by atoms with Gasteiger partial charge in [-0.15, -0.1) is 0 Å². The molecule has 0 rings (SSSR count). The largest absolute Gasteiger partial charge is 0.330 e. The van der Waals surface area contributed by atoms with Crippen LogP contribution in [-0.4, -0.2) is 43.9 Å². The SMILES string of the molecule is NCCCCC(N)C(N)C(NCCN)C(N)N. The van der Waals surface area contributed by atoms with E-state index >= 15 is 0 Å². The van der Waals surface area contributed by atoms with E-state index in [4.69, 9.17) is 34.4 Å². The van der Waals surface area contributed by atoms with E-state index in [0.29, 0.717) is 19.6 Å². The molecule has 104 valence electrons. The van der Waals surface area contributed by atoms with Gasteiger partial charge in [0.25, 0.3) is 0 Å². The first kappa shape index (κ1) is 16.7. The summed E-state index contributed by atoms with van der Waals surface area (Å²) in [6, 6.07) is -0.628. The Morgan fingerprint density at radius 3 is 2.00 bits per heavy atom. The fraction of sp³-hybridized carbons (Fsp3) is 1.00. The summed E-state index contributed by atoms with van der Waals surface area (Å²) in [4.78, 5) is 0. The van der Waals surface area contributed by atoms with Gasteiger partial charge < -0.3 is 39.7 Å². The van der Waals surface area contributed by atoms with Crippen molar-refractivity contribution in [3.63, 3.8) is 0 Å². The van der Waals surface area contributed by atoms with Gasteiger partial charge in [0.1, 0.15) is 0 Å². The van der Waals surface area contributed by atoms with E-state index < -0.39 is 6.17 Å². The average Bonchev–Trinajstić information content (AvgIpc) is 2.29. The van der Waals surface area contributed by atoms with Crippen molar-refractivity contribution in [3.05, 3.63) is 0 Å². The van der Waals surface area contributed by atoms with Gasteiger partial charge in [0.2, 0.25) is 0 Å². The predicted octanol–water partition coefficient (Wildman–Crippen LogP) is -3.07. The van der Waals surface area contributed by atoms with Crippen molar-refractivity contribution in [3.8, 4) is 0 Å². The van der Waals surface area contributed by atoms with Gasteiger partial charge >= 0.3 is 0 Å². The van der Waals surface area contributed by atoms with Crippen LogP contribution in [-0.2, 0) is 0 Å². The Bertz CT molecular complexity index is 176. The molecular weight excluding hydrogens is 218 g/mol. The third-order valence-corrected chi connectivity index (χ3v) is 2.84. The van der Waals surface area contributed by atoms with Crippen LogP contribution in [0.2, 0.25) is 0 Å². The van der Waals surface area contributed by atoms with Crippen molar-refractivity contribution >= 4 is 0 Å². The van der Waals surface area contributed by atoms with Crippen LogP contribution in [0.1, 0.15) is 19.3 Å². The van der Waals surface area contributed by atoms with Gasteiger partial charge in [0, 0.05) is 25.2 Å². The molecule has 0 fully saturated rings. The van der Waals surface area contributed by atoms with Crippen LogP contribution < -0.4 is 39.7 Å². The minimum absolute atomic E-state index is 0.133. The average molecular weight is 247 g/mol. The minimum Gasteiger partial charge on any atom is -0.330 e. The molecule has 7 nitrogen and oxygen atoms in total. The fourth-order valence-corrected chi connectivity index (χ4v) is 1.76. The zero-order chi connectivity index (χ0) is 13.3. The van der Waals surface area contributed by atoms with Crippen LogP contribution in [0.15, 0.2) is 0 Å². The van der Waals surface area contributed by atoms with Crippen LogP contribution in [0, 0.1) is 0 Å². The second-order valence-electron chi connectivity index (χ2n) is 4.37. The Labute approximate surface area is 104 Å². The van der Waals surface area contributed by atoms with Gasteiger partial charge in [0.15, 0.2) is 0 Å². The molecule has 0 aromatic rings. The van der Waals surface area contributed by atoms with Gasteiger partial charge in [-0.05, 0) is 19.4 Å². The van der Waals surface area contributed by atoms with E-state index in [0.717, 1.165) is 19.3 Å². The number of nitrogens with two attached hydrogens (primary N) is 6. The maximum atomic E-state index is 6.07. The molecule has 17 heavy (non-hydrogen) atoms. The lowest BCUT2D eigenvalue weighted by Crippen LogP contribution is -2.64. The summed E-state index contributed by atoms with van der Waals surface area (Å²) in [6.07, 6.45) is 2.20. The monoisotopic (exact) mass is 247 g/mol. The molecule has 3 unspecified atom stereocenters. The lowest BCUT2D eigenvalue weighted by atomic mass is 9.95. The van der Waals surface area contributed by atoms with Crippen molar-refractivity contribution < 1.29 is 0 Å². The van der Waals surface area contributed by atoms with Crippen LogP contribution in [0.4, 0.5) is 0 Å². The summed E-state index contributed by atoms with van der Waals surface area (Å²) >= 11 is 0. The molecule has 0 aliphatic carbocycles. The first-order chi connectivity index (χ1) is 8.04. The normalized spacial score (nSPS) is 17.1. The van der Waals surface area contributed by atoms with E-state index in [1.807, 2.05) is 0 Å². The number of nitrogens with one attached hydrogen (secondary N) is 1. The van der Waals surface area contributed by atoms with Crippen molar-refractivity contribution in [2.45, 2.75) is 43.6 Å². The molecule has 0 aromatic carbocycles. The summed E-state index contributed by atoms with van der Waals surface area (Å²) in [5.41, 5.74) is 34.3. The van der Waals surface area contributed by atoms with Crippen LogP contribution in [0.5, 0.6) is 0 Å². The summed E-state index contributed by atoms with van der Waals surface area (Å²) in [6.45, 7) is 1.81. The number of unbranched alkanes of at least 4 members (excludes halogenated alkanes) is 1. The summed E-state index contributed by atoms with van der Waals surface area (Å²) in [5.74, 6) is 0. The van der Waals surface area contributed by atoms with Crippen molar-refractivity contribution in [1.82, 2.24) is 5.32 Å². The highest BCUT2D eigenvalue weighted by Gasteiger charge is 2.26. The fourth-order valence-electron chi connectivity index (χ4n) is 1.76. The van der Waals surface area contributed by atoms with E-state index in [2.05, 4.69) is 5.32 Å². The zero-order valence-corrected chi connectivity index (χ0v) is 10.5. The number of rotatable bonds is 10. The Morgan fingerprint density at radius 1 is 0.882 bits per heavy atom. The standard InChI is InChI=1S/C10H29N7/c11-4-2-1-3-7(13)8(14)9(10(15)16)17-6-5-12/h7-10,17H,1-6,11-16H2. The molecule has 0 saturated carbocycles. The van der Waals surface area contributed by atoms with Gasteiger partial charge in [-0.1, -0.05) is 6.42 Å². The smallest absolute Gasteiger partial charge is 0.0695 e. The molecule has 7 heteroatoms. The van der Waals surface area contributed by atoms with Gasteiger partial charge in [-0.3, -0.25) is 0 Å². The van der Waals surface area contributed by atoms with Gasteiger partial charge in [-0.25, -0.2) is 0 Å². The topological polar surface area (TPSA) is 168 Å². The van der Waals surface area contributed by atoms with E-state index in [1.54, 1.807) is 0 Å². The van der Waals surface area contributed by atoms with E-state index in [1.165, 1.54) is 0 Å². The summed E-state index contributed by atoms with van der Waals surface area (Å²) < 4.78 is 0. The summed E-state index contributed by atoms with van der Waals surface area (Å²) in [5, 5.41) is 3.14. The van der Waals surface area contributed by atoms with Crippen LogP contribution in [0.25, 0.3) is 0 Å². The second kappa shape index (κ2) is 9.72. The van der Waals surface area contributed by atoms with Crippen LogP contribution in [0.3, 0.4) is 0 Å². The van der Waals surface area contributed by atoms with E-state index in [-0.39, 0.29) is 18.1 Å². The first-order valence-corrected chi connectivity index (χ1v) is 6.20. The third-order valence-electron chi connectivity index (χ3n) is 2.84. The summed E-state index contributed by atoms with van der Waals surface area (Å²) in [7, 11) is 0. The van der Waals surface area contributed by atoms with Crippen molar-refractivity contribution in [1.29, 1.82) is 0 Å². The number of hydrogen-bond donors (Lipinski definition) is 7. The lowest BCUT2D eigenvalue weighted by molar-refractivity contribution is 0.326. The maximum absolute atomic E-state index is 6.07. The van der Waals surface area contributed by atoms with Crippen molar-refractivity contribution in [2.24, 2.45) is 34.4 Å². The molecule has 0 amide bonds. The van der Waals surface area contributed by atoms with Crippen LogP contribution >= 0.6 is 0 Å². The van der Waals surface area contributed by atoms with E-state index in [9.17, 15) is 0 Å². The highest BCUT2D eigenvalue weighted by molar-refractivity contribution is 4.91.